The average molecular weight is 387 g/mol. The van der Waals surface area contributed by atoms with Crippen LogP contribution in [0.3, 0.4) is 0 Å². The van der Waals surface area contributed by atoms with Crippen LogP contribution in [0.4, 0.5) is 13.2 Å². The molecule has 0 spiro atoms. The fourth-order valence-corrected chi connectivity index (χ4v) is 2.13. The fourth-order valence-electron chi connectivity index (χ4n) is 1.89. The van der Waals surface area contributed by atoms with Gasteiger partial charge in [-0.3, -0.25) is 0 Å². The van der Waals surface area contributed by atoms with Crippen molar-refractivity contribution in [3.05, 3.63) is 71.0 Å². The number of carbonyl (C=O) groups excluding carboxylic acids is 1. The van der Waals surface area contributed by atoms with Gasteiger partial charge in [-0.1, -0.05) is 29.8 Å². The number of hydrogen-bond acceptors (Lipinski definition) is 4. The largest absolute Gasteiger partial charge is 0.504 e. The van der Waals surface area contributed by atoms with Gasteiger partial charge in [0, 0.05) is 0 Å². The van der Waals surface area contributed by atoms with Gasteiger partial charge in [0.1, 0.15) is 23.7 Å². The second kappa shape index (κ2) is 8.62. The topological polar surface area (TPSA) is 44.8 Å². The lowest BCUT2D eigenvalue weighted by molar-refractivity contribution is -0.137. The molecule has 0 heterocycles. The molecule has 2 aromatic carbocycles. The second-order valence-corrected chi connectivity index (χ2v) is 5.42. The van der Waals surface area contributed by atoms with Crippen LogP contribution < -0.4 is 9.47 Å². The van der Waals surface area contributed by atoms with Gasteiger partial charge in [-0.15, -0.1) is 0 Å². The van der Waals surface area contributed by atoms with Crippen molar-refractivity contribution in [3.63, 3.8) is 0 Å². The first kappa shape index (κ1) is 19.7. The molecule has 8 heteroatoms. The number of esters is 1. The van der Waals surface area contributed by atoms with E-state index in [1.807, 2.05) is 0 Å². The standard InChI is InChI=1S/C18H14ClF3O4/c1-24-10-12(17(23)26-14-5-3-2-4-6-14)11-25-16-8-7-13(9-15(16)19)18(20,21)22/h2-10H,11H2,1H3/b12-10+. The number of carbonyl (C=O) groups is 1. The third-order valence-corrected chi connectivity index (χ3v) is 3.41. The highest BCUT2D eigenvalue weighted by molar-refractivity contribution is 6.32. The van der Waals surface area contributed by atoms with Gasteiger partial charge in [0.25, 0.3) is 0 Å². The number of hydrogen-bond donors (Lipinski definition) is 0. The van der Waals surface area contributed by atoms with E-state index in [0.29, 0.717) is 5.75 Å². The predicted molar refractivity (Wildman–Crippen MR) is 89.1 cm³/mol. The highest BCUT2D eigenvalue weighted by Crippen LogP contribution is 2.34. The summed E-state index contributed by atoms with van der Waals surface area (Å²) in [4.78, 5) is 12.2. The third kappa shape index (κ3) is 5.42. The van der Waals surface area contributed by atoms with Gasteiger partial charge in [0.15, 0.2) is 0 Å². The van der Waals surface area contributed by atoms with Crippen molar-refractivity contribution in [2.45, 2.75) is 6.18 Å². The number of benzene rings is 2. The van der Waals surface area contributed by atoms with Crippen LogP contribution in [0.1, 0.15) is 5.56 Å². The molecule has 0 atom stereocenters. The van der Waals surface area contributed by atoms with Gasteiger partial charge in [-0.25, -0.2) is 4.79 Å². The van der Waals surface area contributed by atoms with Crippen molar-refractivity contribution in [2.24, 2.45) is 0 Å². The number of methoxy groups -OCH3 is 1. The summed E-state index contributed by atoms with van der Waals surface area (Å²) in [6.07, 6.45) is -3.38. The van der Waals surface area contributed by atoms with Crippen molar-refractivity contribution in [3.8, 4) is 11.5 Å². The van der Waals surface area contributed by atoms with Crippen LogP contribution in [0, 0.1) is 0 Å². The molecule has 0 unspecified atom stereocenters. The van der Waals surface area contributed by atoms with E-state index in [1.54, 1.807) is 30.3 Å². The Balaban J connectivity index is 2.07. The normalized spacial score (nSPS) is 11.8. The van der Waals surface area contributed by atoms with E-state index in [1.165, 1.54) is 7.11 Å². The lowest BCUT2D eigenvalue weighted by Gasteiger charge is -2.12. The summed E-state index contributed by atoms with van der Waals surface area (Å²) in [6.45, 7) is -0.301. The first-order valence-electron chi connectivity index (χ1n) is 7.30. The monoisotopic (exact) mass is 386 g/mol. The van der Waals surface area contributed by atoms with Crippen LogP contribution in [0.25, 0.3) is 0 Å². The molecule has 0 amide bonds. The molecule has 0 radical (unpaired) electrons. The molecule has 2 aromatic rings. The van der Waals surface area contributed by atoms with Gasteiger partial charge in [0.05, 0.1) is 24.0 Å². The Bertz CT molecular complexity index is 789. The van der Waals surface area contributed by atoms with Crippen molar-refractivity contribution < 1.29 is 32.2 Å². The number of halogens is 4. The summed E-state index contributed by atoms with van der Waals surface area (Å²) in [5.41, 5.74) is -0.877. The molecule has 0 aromatic heterocycles. The molecule has 4 nitrogen and oxygen atoms in total. The molecule has 138 valence electrons. The van der Waals surface area contributed by atoms with E-state index in [9.17, 15) is 18.0 Å². The maximum absolute atomic E-state index is 12.6. The van der Waals surface area contributed by atoms with Gasteiger partial charge in [-0.2, -0.15) is 13.2 Å². The maximum atomic E-state index is 12.6. The van der Waals surface area contributed by atoms with E-state index in [0.717, 1.165) is 24.5 Å². The minimum Gasteiger partial charge on any atom is -0.504 e. The van der Waals surface area contributed by atoms with Crippen LogP contribution in [-0.4, -0.2) is 19.7 Å². The quantitative estimate of drug-likeness (QED) is 0.307. The van der Waals surface area contributed by atoms with Crippen LogP contribution in [0.2, 0.25) is 5.02 Å². The molecule has 2 rings (SSSR count). The minimum absolute atomic E-state index is 0.00539. The van der Waals surface area contributed by atoms with Crippen LogP contribution in [0.5, 0.6) is 11.5 Å². The summed E-state index contributed by atoms with van der Waals surface area (Å²) in [7, 11) is 1.33. The Hall–Kier alpha value is -2.67. The van der Waals surface area contributed by atoms with E-state index in [4.69, 9.17) is 25.8 Å². The van der Waals surface area contributed by atoms with Gasteiger partial charge < -0.3 is 14.2 Å². The van der Waals surface area contributed by atoms with Crippen LogP contribution in [0.15, 0.2) is 60.4 Å². The third-order valence-electron chi connectivity index (χ3n) is 3.12. The molecule has 0 aliphatic rings. The maximum Gasteiger partial charge on any atom is 0.416 e. The van der Waals surface area contributed by atoms with E-state index in [2.05, 4.69) is 0 Å². The summed E-state index contributed by atoms with van der Waals surface area (Å²) < 4.78 is 53.2. The zero-order valence-corrected chi connectivity index (χ0v) is 14.3. The number of rotatable bonds is 6. The van der Waals surface area contributed by atoms with Gasteiger partial charge in [0.2, 0.25) is 0 Å². The molecule has 0 N–H and O–H groups in total. The molecule has 26 heavy (non-hydrogen) atoms. The first-order chi connectivity index (χ1) is 12.3. The number of ether oxygens (including phenoxy) is 3. The molecule has 0 aliphatic heterocycles. The SMILES string of the molecule is CO/C=C(\COc1ccc(C(F)(F)F)cc1Cl)C(=O)Oc1ccccc1. The van der Waals surface area contributed by atoms with Gasteiger partial charge >= 0.3 is 12.1 Å². The van der Waals surface area contributed by atoms with E-state index >= 15 is 0 Å². The highest BCUT2D eigenvalue weighted by Gasteiger charge is 2.31. The summed E-state index contributed by atoms with van der Waals surface area (Å²) in [5.74, 6) is -0.401. The zero-order chi connectivity index (χ0) is 19.2. The van der Waals surface area contributed by atoms with Crippen molar-refractivity contribution >= 4 is 17.6 Å². The molecular formula is C18H14ClF3O4. The van der Waals surface area contributed by atoms with Crippen molar-refractivity contribution in [1.82, 2.24) is 0 Å². The lowest BCUT2D eigenvalue weighted by atomic mass is 10.2. The summed E-state index contributed by atoms with van der Waals surface area (Å²) in [5, 5.41) is -0.229. The van der Waals surface area contributed by atoms with Crippen molar-refractivity contribution in [1.29, 1.82) is 0 Å². The number of alkyl halides is 3. The number of para-hydroxylation sites is 1. The smallest absolute Gasteiger partial charge is 0.416 e. The van der Waals surface area contributed by atoms with Crippen LogP contribution in [-0.2, 0) is 15.7 Å². The van der Waals surface area contributed by atoms with Gasteiger partial charge in [-0.05, 0) is 30.3 Å². The Morgan fingerprint density at radius 1 is 1.15 bits per heavy atom. The Morgan fingerprint density at radius 3 is 2.42 bits per heavy atom. The Morgan fingerprint density at radius 2 is 1.85 bits per heavy atom. The molecule has 0 fully saturated rings. The predicted octanol–water partition coefficient (Wildman–Crippen LogP) is 4.87. The summed E-state index contributed by atoms with van der Waals surface area (Å²) >= 11 is 5.81. The molecular weight excluding hydrogens is 373 g/mol. The van der Waals surface area contributed by atoms with E-state index < -0.39 is 17.7 Å². The molecule has 0 saturated carbocycles. The molecule has 0 aliphatic carbocycles. The lowest BCUT2D eigenvalue weighted by Crippen LogP contribution is -2.17. The Kier molecular flexibility index (Phi) is 6.52. The van der Waals surface area contributed by atoms with E-state index in [-0.39, 0.29) is 23.0 Å². The zero-order valence-electron chi connectivity index (χ0n) is 13.5. The highest BCUT2D eigenvalue weighted by atomic mass is 35.5. The Labute approximate surface area is 152 Å². The average Bonchev–Trinajstić information content (AvgIpc) is 2.59. The minimum atomic E-state index is -4.51. The summed E-state index contributed by atoms with van der Waals surface area (Å²) in [6, 6.07) is 11.0. The first-order valence-corrected chi connectivity index (χ1v) is 7.67. The molecule has 0 saturated heterocycles. The fraction of sp³-hybridized carbons (Fsp3) is 0.167. The van der Waals surface area contributed by atoms with Crippen molar-refractivity contribution in [2.75, 3.05) is 13.7 Å². The molecule has 0 bridgehead atoms. The van der Waals surface area contributed by atoms with Crippen LogP contribution >= 0.6 is 11.6 Å². The second-order valence-electron chi connectivity index (χ2n) is 5.01.